The fraction of sp³-hybridized carbons (Fsp3) is 0.550. The molecule has 6 heteroatoms. The number of sulfonamides is 1. The summed E-state index contributed by atoms with van der Waals surface area (Å²) < 4.78 is 26.4. The summed E-state index contributed by atoms with van der Waals surface area (Å²) in [5, 5.41) is 0. The van der Waals surface area contributed by atoms with Gasteiger partial charge in [0.2, 0.25) is 15.9 Å². The highest BCUT2D eigenvalue weighted by atomic mass is 32.2. The molecule has 1 aliphatic rings. The fourth-order valence-electron chi connectivity index (χ4n) is 3.54. The van der Waals surface area contributed by atoms with E-state index in [0.29, 0.717) is 19.1 Å². The number of amides is 1. The first-order valence-corrected chi connectivity index (χ1v) is 11.0. The molecule has 2 rings (SSSR count). The van der Waals surface area contributed by atoms with Crippen LogP contribution in [0.15, 0.2) is 35.2 Å². The van der Waals surface area contributed by atoms with Crippen molar-refractivity contribution in [3.63, 3.8) is 0 Å². The number of benzene rings is 1. The maximum absolute atomic E-state index is 12.5. The Bertz CT molecular complexity index is 716. The summed E-state index contributed by atoms with van der Waals surface area (Å²) in [5.41, 5.74) is 0.819. The Morgan fingerprint density at radius 2 is 1.62 bits per heavy atom. The first kappa shape index (κ1) is 20.6. The van der Waals surface area contributed by atoms with Crippen LogP contribution in [-0.4, -0.2) is 49.2 Å². The van der Waals surface area contributed by atoms with Crippen molar-refractivity contribution in [2.75, 3.05) is 19.6 Å². The number of hydrogen-bond donors (Lipinski definition) is 0. The summed E-state index contributed by atoms with van der Waals surface area (Å²) in [5.74, 6) is 0.0271. The van der Waals surface area contributed by atoms with Crippen LogP contribution in [0.5, 0.6) is 0 Å². The average molecular weight is 379 g/mol. The Balaban J connectivity index is 2.08. The van der Waals surface area contributed by atoms with Crippen molar-refractivity contribution in [1.29, 1.82) is 0 Å². The van der Waals surface area contributed by atoms with Crippen LogP contribution in [0, 0.1) is 0 Å². The number of likely N-dealkylation sites (N-methyl/N-ethyl adjacent to an activating group) is 1. The zero-order valence-corrected chi connectivity index (χ0v) is 16.8. The summed E-state index contributed by atoms with van der Waals surface area (Å²) in [7, 11) is -3.44. The van der Waals surface area contributed by atoms with Crippen LogP contribution < -0.4 is 0 Å². The van der Waals surface area contributed by atoms with Gasteiger partial charge in [0.05, 0.1) is 4.90 Å². The van der Waals surface area contributed by atoms with Crippen LogP contribution in [0.4, 0.5) is 0 Å². The topological polar surface area (TPSA) is 57.7 Å². The second-order valence-electron chi connectivity index (χ2n) is 6.55. The summed E-state index contributed by atoms with van der Waals surface area (Å²) in [6, 6.07) is 7.05. The molecular formula is C20H30N2O3S. The van der Waals surface area contributed by atoms with Crippen LogP contribution in [0.1, 0.15) is 52.0 Å². The smallest absolute Gasteiger partial charge is 0.246 e. The zero-order chi connectivity index (χ0) is 19.2. The predicted molar refractivity (Wildman–Crippen MR) is 105 cm³/mol. The largest absolute Gasteiger partial charge is 0.336 e. The summed E-state index contributed by atoms with van der Waals surface area (Å²) in [6.07, 6.45) is 7.92. The Morgan fingerprint density at radius 3 is 2.12 bits per heavy atom. The van der Waals surface area contributed by atoms with E-state index in [1.165, 1.54) is 17.1 Å². The Kier molecular flexibility index (Phi) is 7.41. The Hall–Kier alpha value is -1.66. The van der Waals surface area contributed by atoms with E-state index in [1.807, 2.05) is 25.7 Å². The van der Waals surface area contributed by atoms with Crippen LogP contribution in [0.3, 0.4) is 0 Å². The maximum atomic E-state index is 12.5. The van der Waals surface area contributed by atoms with E-state index in [4.69, 9.17) is 0 Å². The molecule has 1 saturated carbocycles. The molecule has 26 heavy (non-hydrogen) atoms. The minimum absolute atomic E-state index is 0.0271. The van der Waals surface area contributed by atoms with E-state index in [0.717, 1.165) is 24.9 Å². The highest BCUT2D eigenvalue weighted by molar-refractivity contribution is 7.89. The summed E-state index contributed by atoms with van der Waals surface area (Å²) >= 11 is 0. The first-order chi connectivity index (χ1) is 12.4. The second kappa shape index (κ2) is 9.33. The highest BCUT2D eigenvalue weighted by Gasteiger charge is 2.24. The minimum Gasteiger partial charge on any atom is -0.336 e. The van der Waals surface area contributed by atoms with Gasteiger partial charge in [-0.1, -0.05) is 38.8 Å². The van der Waals surface area contributed by atoms with E-state index in [1.54, 1.807) is 36.4 Å². The van der Waals surface area contributed by atoms with Gasteiger partial charge in [0.15, 0.2) is 0 Å². The van der Waals surface area contributed by atoms with Gasteiger partial charge in [-0.25, -0.2) is 8.42 Å². The van der Waals surface area contributed by atoms with Crippen LogP contribution in [0.25, 0.3) is 6.08 Å². The van der Waals surface area contributed by atoms with E-state index in [-0.39, 0.29) is 10.8 Å². The minimum atomic E-state index is -3.44. The van der Waals surface area contributed by atoms with Gasteiger partial charge in [-0.15, -0.1) is 0 Å². The lowest BCUT2D eigenvalue weighted by molar-refractivity contribution is -0.127. The monoisotopic (exact) mass is 378 g/mol. The Morgan fingerprint density at radius 1 is 1.04 bits per heavy atom. The second-order valence-corrected chi connectivity index (χ2v) is 8.49. The van der Waals surface area contributed by atoms with Gasteiger partial charge < -0.3 is 4.90 Å². The van der Waals surface area contributed by atoms with Crippen molar-refractivity contribution in [2.24, 2.45) is 0 Å². The van der Waals surface area contributed by atoms with Gasteiger partial charge in [-0.2, -0.15) is 4.31 Å². The third-order valence-electron chi connectivity index (χ3n) is 5.03. The lowest BCUT2D eigenvalue weighted by atomic mass is 10.2. The van der Waals surface area contributed by atoms with Crippen molar-refractivity contribution < 1.29 is 13.2 Å². The SMILES string of the molecule is CCN(C(=O)/C=C/c1ccc(S(=O)(=O)N(CC)CC)cc1)C1CCCC1. The molecule has 1 aromatic carbocycles. The molecule has 1 amide bonds. The fourth-order valence-corrected chi connectivity index (χ4v) is 4.99. The predicted octanol–water partition coefficient (Wildman–Crippen LogP) is 3.52. The van der Waals surface area contributed by atoms with Crippen molar-refractivity contribution in [1.82, 2.24) is 9.21 Å². The third-order valence-corrected chi connectivity index (χ3v) is 7.10. The van der Waals surface area contributed by atoms with Crippen LogP contribution >= 0.6 is 0 Å². The lowest BCUT2D eigenvalue weighted by Gasteiger charge is -2.26. The highest BCUT2D eigenvalue weighted by Crippen LogP contribution is 2.23. The molecule has 0 saturated heterocycles. The van der Waals surface area contributed by atoms with Gasteiger partial charge in [-0.05, 0) is 43.5 Å². The summed E-state index contributed by atoms with van der Waals surface area (Å²) in [4.78, 5) is 14.7. The number of rotatable bonds is 8. The molecule has 0 bridgehead atoms. The number of carbonyl (C=O) groups excluding carboxylic acids is 1. The molecule has 0 unspecified atom stereocenters. The van der Waals surface area contributed by atoms with Crippen LogP contribution in [-0.2, 0) is 14.8 Å². The normalized spacial score (nSPS) is 15.8. The van der Waals surface area contributed by atoms with Crippen molar-refractivity contribution in [3.8, 4) is 0 Å². The molecule has 0 heterocycles. The molecule has 0 aromatic heterocycles. The van der Waals surface area contributed by atoms with Gasteiger partial charge >= 0.3 is 0 Å². The third kappa shape index (κ3) is 4.74. The molecule has 1 fully saturated rings. The quantitative estimate of drug-likeness (QED) is 0.650. The molecule has 0 spiro atoms. The number of carbonyl (C=O) groups is 1. The molecule has 0 radical (unpaired) electrons. The van der Waals surface area contributed by atoms with E-state index < -0.39 is 10.0 Å². The lowest BCUT2D eigenvalue weighted by Crippen LogP contribution is -2.37. The number of hydrogen-bond acceptors (Lipinski definition) is 3. The van der Waals surface area contributed by atoms with Gasteiger partial charge in [0, 0.05) is 31.8 Å². The standard InChI is InChI=1S/C20H30N2O3S/c1-4-21(5-2)26(24,25)19-14-11-17(12-15-19)13-16-20(23)22(6-3)18-9-7-8-10-18/h11-16,18H,4-10H2,1-3H3/b16-13+. The van der Waals surface area contributed by atoms with Gasteiger partial charge in [-0.3, -0.25) is 4.79 Å². The summed E-state index contributed by atoms with van der Waals surface area (Å²) in [6.45, 7) is 7.28. The molecule has 1 aliphatic carbocycles. The van der Waals surface area contributed by atoms with E-state index in [9.17, 15) is 13.2 Å². The molecule has 5 nitrogen and oxygen atoms in total. The van der Waals surface area contributed by atoms with Gasteiger partial charge in [0.25, 0.3) is 0 Å². The zero-order valence-electron chi connectivity index (χ0n) is 16.0. The molecule has 144 valence electrons. The number of nitrogens with zero attached hydrogens (tertiary/aromatic N) is 2. The van der Waals surface area contributed by atoms with Crippen molar-refractivity contribution in [3.05, 3.63) is 35.9 Å². The molecule has 0 aliphatic heterocycles. The van der Waals surface area contributed by atoms with E-state index in [2.05, 4.69) is 0 Å². The molecule has 0 atom stereocenters. The van der Waals surface area contributed by atoms with Crippen molar-refractivity contribution in [2.45, 2.75) is 57.4 Å². The van der Waals surface area contributed by atoms with Gasteiger partial charge in [0.1, 0.15) is 0 Å². The maximum Gasteiger partial charge on any atom is 0.246 e. The van der Waals surface area contributed by atoms with Crippen LogP contribution in [0.2, 0.25) is 0 Å². The molecular weight excluding hydrogens is 348 g/mol. The Labute approximate surface area is 157 Å². The molecule has 1 aromatic rings. The molecule has 0 N–H and O–H groups in total. The van der Waals surface area contributed by atoms with Crippen molar-refractivity contribution >= 4 is 22.0 Å². The van der Waals surface area contributed by atoms with E-state index >= 15 is 0 Å². The average Bonchev–Trinajstić information content (AvgIpc) is 3.16. The first-order valence-electron chi connectivity index (χ1n) is 9.52.